The van der Waals surface area contributed by atoms with E-state index in [0.29, 0.717) is 40.8 Å². The van der Waals surface area contributed by atoms with Gasteiger partial charge in [-0.25, -0.2) is 8.60 Å². The maximum atomic E-state index is 13.5. The lowest BCUT2D eigenvalue weighted by molar-refractivity contribution is 0.0964. The van der Waals surface area contributed by atoms with E-state index < -0.39 is 11.0 Å². The van der Waals surface area contributed by atoms with Gasteiger partial charge >= 0.3 is 0 Å². The van der Waals surface area contributed by atoms with E-state index in [1.54, 1.807) is 35.8 Å². The van der Waals surface area contributed by atoms with Gasteiger partial charge in [-0.3, -0.25) is 9.10 Å². The highest BCUT2D eigenvalue weighted by Gasteiger charge is 2.25. The molecule has 174 valence electrons. The molecule has 0 saturated carbocycles. The van der Waals surface area contributed by atoms with Gasteiger partial charge in [-0.2, -0.15) is 0 Å². The van der Waals surface area contributed by atoms with Crippen LogP contribution >= 0.6 is 0 Å². The summed E-state index contributed by atoms with van der Waals surface area (Å²) in [5.74, 6) is -0.341. The Morgan fingerprint density at radius 2 is 1.82 bits per heavy atom. The number of hydrogen-bond donors (Lipinski definition) is 1. The van der Waals surface area contributed by atoms with Gasteiger partial charge in [0, 0.05) is 42.4 Å². The van der Waals surface area contributed by atoms with Crippen LogP contribution in [-0.4, -0.2) is 30.0 Å². The molecule has 1 amide bonds. The average molecular weight is 477 g/mol. The van der Waals surface area contributed by atoms with E-state index in [-0.39, 0.29) is 11.7 Å². The van der Waals surface area contributed by atoms with Crippen molar-refractivity contribution in [2.75, 3.05) is 24.2 Å². The van der Waals surface area contributed by atoms with E-state index in [2.05, 4.69) is 11.9 Å². The van der Waals surface area contributed by atoms with Gasteiger partial charge < -0.3 is 9.73 Å². The van der Waals surface area contributed by atoms with Crippen molar-refractivity contribution in [2.45, 2.75) is 6.42 Å². The van der Waals surface area contributed by atoms with Crippen LogP contribution in [0.15, 0.2) is 83.8 Å². The number of rotatable bonds is 8. The van der Waals surface area contributed by atoms with Gasteiger partial charge in [0.05, 0.1) is 11.3 Å². The Bertz CT molecular complexity index is 1360. The fraction of sp³-hybridized carbons (Fsp3) is 0.148. The summed E-state index contributed by atoms with van der Waals surface area (Å²) in [6.07, 6.45) is 4.06. The highest BCUT2D eigenvalue weighted by Crippen LogP contribution is 2.41. The Hall–Kier alpha value is -3.71. The highest BCUT2D eigenvalue weighted by molar-refractivity contribution is 7.85. The van der Waals surface area contributed by atoms with Crippen LogP contribution in [0.5, 0.6) is 0 Å². The average Bonchev–Trinajstić information content (AvgIpc) is 3.22. The standard InChI is InChI=1S/C27H25FN2O3S/c1-4-5-15-30(34(3)32)23-17-24-22(16-21(23)18-9-7-6-8-10-18)25(27(31)29-2)26(33-24)19-11-13-20(28)14-12-19/h4,6-14,16-17H,1,5,15H2,2-3H3,(H,29,31). The number of fused-ring (bicyclic) bond motifs is 1. The molecule has 7 heteroatoms. The molecule has 0 saturated heterocycles. The lowest BCUT2D eigenvalue weighted by Gasteiger charge is -2.24. The molecule has 0 aliphatic carbocycles. The number of halogens is 1. The van der Waals surface area contributed by atoms with Crippen LogP contribution in [0, 0.1) is 5.82 Å². The number of nitrogens with zero attached hydrogens (tertiary/aromatic N) is 1. The monoisotopic (exact) mass is 476 g/mol. The molecule has 0 aliphatic heterocycles. The third-order valence-electron chi connectivity index (χ3n) is 5.57. The second kappa shape index (κ2) is 10.1. The molecule has 4 aromatic rings. The van der Waals surface area contributed by atoms with Crippen LogP contribution in [0.4, 0.5) is 10.1 Å². The van der Waals surface area contributed by atoms with E-state index in [1.807, 2.05) is 42.5 Å². The Morgan fingerprint density at radius 3 is 2.44 bits per heavy atom. The molecule has 4 rings (SSSR count). The predicted octanol–water partition coefficient (Wildman–Crippen LogP) is 5.94. The molecule has 1 heterocycles. The van der Waals surface area contributed by atoms with Crippen molar-refractivity contribution in [3.05, 3.63) is 90.8 Å². The van der Waals surface area contributed by atoms with Gasteiger partial charge in [0.2, 0.25) is 0 Å². The van der Waals surface area contributed by atoms with Gasteiger partial charge in [0.1, 0.15) is 28.1 Å². The molecular formula is C27H25FN2O3S. The van der Waals surface area contributed by atoms with Crippen LogP contribution in [0.1, 0.15) is 16.8 Å². The van der Waals surface area contributed by atoms with Gasteiger partial charge in [0.25, 0.3) is 5.91 Å². The summed E-state index contributed by atoms with van der Waals surface area (Å²) in [5.41, 5.74) is 3.89. The molecule has 1 N–H and O–H groups in total. The second-order valence-electron chi connectivity index (χ2n) is 7.73. The van der Waals surface area contributed by atoms with E-state index in [0.717, 1.165) is 16.8 Å². The van der Waals surface area contributed by atoms with Crippen molar-refractivity contribution in [1.82, 2.24) is 5.32 Å². The number of hydrogen-bond acceptors (Lipinski definition) is 3. The van der Waals surface area contributed by atoms with Gasteiger partial charge in [0.15, 0.2) is 0 Å². The number of carbonyl (C=O) groups is 1. The van der Waals surface area contributed by atoms with E-state index in [4.69, 9.17) is 4.42 Å². The van der Waals surface area contributed by atoms with E-state index >= 15 is 0 Å². The molecule has 1 atom stereocenters. The van der Waals surface area contributed by atoms with Crippen LogP contribution in [-0.2, 0) is 11.0 Å². The predicted molar refractivity (Wildman–Crippen MR) is 137 cm³/mol. The van der Waals surface area contributed by atoms with Crippen molar-refractivity contribution in [1.29, 1.82) is 0 Å². The summed E-state index contributed by atoms with van der Waals surface area (Å²) >= 11 is 0. The summed E-state index contributed by atoms with van der Waals surface area (Å²) in [6, 6.07) is 19.3. The van der Waals surface area contributed by atoms with Gasteiger partial charge in [-0.15, -0.1) is 6.58 Å². The summed E-state index contributed by atoms with van der Waals surface area (Å²) in [5, 5.41) is 3.30. The van der Waals surface area contributed by atoms with Crippen molar-refractivity contribution in [3.63, 3.8) is 0 Å². The number of anilines is 1. The third-order valence-corrected chi connectivity index (χ3v) is 6.57. The molecule has 5 nitrogen and oxygen atoms in total. The number of furan rings is 1. The maximum absolute atomic E-state index is 13.5. The maximum Gasteiger partial charge on any atom is 0.255 e. The normalized spacial score (nSPS) is 11.9. The smallest absolute Gasteiger partial charge is 0.255 e. The second-order valence-corrected chi connectivity index (χ2v) is 9.02. The van der Waals surface area contributed by atoms with E-state index in [1.165, 1.54) is 12.1 Å². The minimum Gasteiger partial charge on any atom is -0.455 e. The number of nitrogens with one attached hydrogen (secondary N) is 1. The van der Waals surface area contributed by atoms with Crippen LogP contribution in [0.3, 0.4) is 0 Å². The summed E-state index contributed by atoms with van der Waals surface area (Å²) in [6.45, 7) is 4.29. The molecule has 1 aromatic heterocycles. The minimum absolute atomic E-state index is 0.313. The van der Waals surface area contributed by atoms with Crippen molar-refractivity contribution in [2.24, 2.45) is 0 Å². The lowest BCUT2D eigenvalue weighted by atomic mass is 9.98. The first-order valence-electron chi connectivity index (χ1n) is 10.8. The quantitative estimate of drug-likeness (QED) is 0.320. The first kappa shape index (κ1) is 23.4. The number of amides is 1. The SMILES string of the molecule is C=CCCN(c1cc2oc(-c3ccc(F)cc3)c(C(=O)NC)c2cc1-c1ccccc1)S(C)=O. The van der Waals surface area contributed by atoms with Crippen LogP contribution in [0.25, 0.3) is 33.4 Å². The lowest BCUT2D eigenvalue weighted by Crippen LogP contribution is -2.26. The fourth-order valence-electron chi connectivity index (χ4n) is 3.94. The number of carbonyl (C=O) groups excluding carboxylic acids is 1. The molecule has 0 aliphatic rings. The van der Waals surface area contributed by atoms with E-state index in [9.17, 15) is 13.4 Å². The van der Waals surface area contributed by atoms with Crippen molar-refractivity contribution >= 4 is 33.5 Å². The summed E-state index contributed by atoms with van der Waals surface area (Å²) in [7, 11) is 0.247. The minimum atomic E-state index is -1.31. The molecule has 34 heavy (non-hydrogen) atoms. The fourth-order valence-corrected chi connectivity index (χ4v) is 4.73. The zero-order valence-corrected chi connectivity index (χ0v) is 19.8. The van der Waals surface area contributed by atoms with Crippen molar-refractivity contribution < 1.29 is 17.8 Å². The zero-order chi connectivity index (χ0) is 24.2. The topological polar surface area (TPSA) is 62.6 Å². The molecule has 3 aromatic carbocycles. The van der Waals surface area contributed by atoms with Gasteiger partial charge in [-0.05, 0) is 42.3 Å². The molecule has 0 bridgehead atoms. The summed E-state index contributed by atoms with van der Waals surface area (Å²) in [4.78, 5) is 13.0. The molecule has 0 fully saturated rings. The first-order chi connectivity index (χ1) is 16.4. The highest BCUT2D eigenvalue weighted by atomic mass is 32.2. The Morgan fingerprint density at radius 1 is 1.12 bits per heavy atom. The Labute approximate surface area is 200 Å². The van der Waals surface area contributed by atoms with Gasteiger partial charge in [-0.1, -0.05) is 36.4 Å². The summed E-state index contributed by atoms with van der Waals surface area (Å²) < 4.78 is 34.2. The van der Waals surface area contributed by atoms with Crippen LogP contribution in [0.2, 0.25) is 0 Å². The molecular weight excluding hydrogens is 451 g/mol. The zero-order valence-electron chi connectivity index (χ0n) is 19.0. The molecule has 0 spiro atoms. The first-order valence-corrected chi connectivity index (χ1v) is 12.3. The molecule has 1 unspecified atom stereocenters. The van der Waals surface area contributed by atoms with Crippen LogP contribution < -0.4 is 9.62 Å². The Kier molecular flexibility index (Phi) is 6.93. The number of benzene rings is 3. The third kappa shape index (κ3) is 4.52. The van der Waals surface area contributed by atoms with Crippen molar-refractivity contribution in [3.8, 4) is 22.5 Å². The Balaban J connectivity index is 2.04. The largest absolute Gasteiger partial charge is 0.455 e. The molecule has 0 radical (unpaired) electrons.